The fourth-order valence-corrected chi connectivity index (χ4v) is 2.63. The van der Waals surface area contributed by atoms with Gasteiger partial charge in [0.05, 0.1) is 0 Å². The Morgan fingerprint density at radius 1 is 1.30 bits per heavy atom. The topological polar surface area (TPSA) is 61.8 Å². The number of benzene rings is 1. The molecule has 23 heavy (non-hydrogen) atoms. The Labute approximate surface area is 138 Å². The van der Waals surface area contributed by atoms with Gasteiger partial charge in [-0.1, -0.05) is 13.8 Å². The van der Waals surface area contributed by atoms with E-state index in [1.807, 2.05) is 0 Å². The number of anilines is 1. The van der Waals surface area contributed by atoms with Crippen LogP contribution in [0.3, 0.4) is 0 Å². The average Bonchev–Trinajstić information content (AvgIpc) is 3.29. The summed E-state index contributed by atoms with van der Waals surface area (Å²) in [6.07, 6.45) is 1.99. The minimum Gasteiger partial charge on any atom is -0.491 e. The van der Waals surface area contributed by atoms with Gasteiger partial charge in [-0.25, -0.2) is 0 Å². The molecule has 1 amide bonds. The Morgan fingerprint density at radius 2 is 1.96 bits per heavy atom. The molecule has 0 spiro atoms. The number of amides is 1. The van der Waals surface area contributed by atoms with E-state index < -0.39 is 6.10 Å². The van der Waals surface area contributed by atoms with Gasteiger partial charge in [-0.15, -0.1) is 0 Å². The molecule has 2 N–H and O–H groups in total. The minimum atomic E-state index is -0.496. The lowest BCUT2D eigenvalue weighted by Gasteiger charge is -2.26. The number of hydrogen-bond acceptors (Lipinski definition) is 4. The first-order valence-electron chi connectivity index (χ1n) is 8.36. The molecule has 1 aromatic carbocycles. The largest absolute Gasteiger partial charge is 0.491 e. The van der Waals surface area contributed by atoms with Crippen LogP contribution in [-0.4, -0.2) is 47.8 Å². The van der Waals surface area contributed by atoms with Crippen LogP contribution in [0.2, 0.25) is 0 Å². The summed E-state index contributed by atoms with van der Waals surface area (Å²) in [4.78, 5) is 13.3. The molecule has 5 heteroatoms. The maximum absolute atomic E-state index is 11.0. The number of carbonyl (C=O) groups is 1. The summed E-state index contributed by atoms with van der Waals surface area (Å²) in [5, 5.41) is 12.9. The van der Waals surface area contributed by atoms with Crippen molar-refractivity contribution in [3.8, 4) is 5.75 Å². The van der Waals surface area contributed by atoms with E-state index in [9.17, 15) is 9.90 Å². The molecular weight excluding hydrogens is 292 g/mol. The molecule has 1 atom stereocenters. The highest BCUT2D eigenvalue weighted by Crippen LogP contribution is 2.27. The second-order valence-electron chi connectivity index (χ2n) is 6.75. The Kier molecular flexibility index (Phi) is 6.42. The zero-order valence-electron chi connectivity index (χ0n) is 14.3. The molecule has 0 radical (unpaired) electrons. The van der Waals surface area contributed by atoms with Gasteiger partial charge in [-0.05, 0) is 43.0 Å². The first-order chi connectivity index (χ1) is 10.9. The highest BCUT2D eigenvalue weighted by Gasteiger charge is 2.30. The van der Waals surface area contributed by atoms with E-state index >= 15 is 0 Å². The Bertz CT molecular complexity index is 497. The summed E-state index contributed by atoms with van der Waals surface area (Å²) in [5.74, 6) is 1.20. The molecule has 0 bridgehead atoms. The van der Waals surface area contributed by atoms with Gasteiger partial charge in [0.15, 0.2) is 0 Å². The van der Waals surface area contributed by atoms with Gasteiger partial charge < -0.3 is 15.2 Å². The second-order valence-corrected chi connectivity index (χ2v) is 6.75. The molecule has 1 fully saturated rings. The molecule has 0 aromatic heterocycles. The SMILES string of the molecule is CC(=O)Nc1ccc(OCC(O)CN(CC(C)C)C2CC2)cc1. The summed E-state index contributed by atoms with van der Waals surface area (Å²) < 4.78 is 5.64. The van der Waals surface area contributed by atoms with Crippen molar-refractivity contribution in [3.63, 3.8) is 0 Å². The molecule has 2 rings (SSSR count). The van der Waals surface area contributed by atoms with Crippen molar-refractivity contribution in [2.45, 2.75) is 45.8 Å². The molecule has 5 nitrogen and oxygen atoms in total. The van der Waals surface area contributed by atoms with Gasteiger partial charge in [0, 0.05) is 31.7 Å². The predicted octanol–water partition coefficient (Wildman–Crippen LogP) is 2.51. The van der Waals surface area contributed by atoms with E-state index in [2.05, 4.69) is 24.1 Å². The molecule has 0 saturated heterocycles. The zero-order chi connectivity index (χ0) is 16.8. The molecule has 1 aliphatic rings. The highest BCUT2D eigenvalue weighted by atomic mass is 16.5. The quantitative estimate of drug-likeness (QED) is 0.734. The number of rotatable bonds is 9. The van der Waals surface area contributed by atoms with Crippen molar-refractivity contribution in [1.29, 1.82) is 0 Å². The van der Waals surface area contributed by atoms with Crippen molar-refractivity contribution in [1.82, 2.24) is 4.90 Å². The van der Waals surface area contributed by atoms with Crippen LogP contribution in [0.1, 0.15) is 33.6 Å². The van der Waals surface area contributed by atoms with Crippen LogP contribution >= 0.6 is 0 Å². The van der Waals surface area contributed by atoms with Crippen LogP contribution in [0.4, 0.5) is 5.69 Å². The van der Waals surface area contributed by atoms with Crippen molar-refractivity contribution in [3.05, 3.63) is 24.3 Å². The smallest absolute Gasteiger partial charge is 0.221 e. The number of carbonyl (C=O) groups excluding carboxylic acids is 1. The van der Waals surface area contributed by atoms with E-state index in [1.54, 1.807) is 24.3 Å². The monoisotopic (exact) mass is 320 g/mol. The van der Waals surface area contributed by atoms with Crippen molar-refractivity contribution < 1.29 is 14.6 Å². The fourth-order valence-electron chi connectivity index (χ4n) is 2.63. The molecular formula is C18H28N2O3. The summed E-state index contributed by atoms with van der Waals surface area (Å²) in [7, 11) is 0. The number of aliphatic hydroxyl groups is 1. The number of nitrogens with one attached hydrogen (secondary N) is 1. The normalized spacial score (nSPS) is 15.7. The lowest BCUT2D eigenvalue weighted by molar-refractivity contribution is -0.114. The Balaban J connectivity index is 1.76. The van der Waals surface area contributed by atoms with Gasteiger partial charge in [0.2, 0.25) is 5.91 Å². The predicted molar refractivity (Wildman–Crippen MR) is 91.7 cm³/mol. The van der Waals surface area contributed by atoms with Crippen molar-refractivity contribution >= 4 is 11.6 Å². The van der Waals surface area contributed by atoms with Gasteiger partial charge in [-0.3, -0.25) is 9.69 Å². The highest BCUT2D eigenvalue weighted by molar-refractivity contribution is 5.88. The van der Waals surface area contributed by atoms with E-state index in [0.717, 1.165) is 12.2 Å². The number of nitrogens with zero attached hydrogens (tertiary/aromatic N) is 1. The molecule has 0 aliphatic heterocycles. The first-order valence-corrected chi connectivity index (χ1v) is 8.36. The van der Waals surface area contributed by atoms with Gasteiger partial charge >= 0.3 is 0 Å². The third-order valence-electron chi connectivity index (χ3n) is 3.73. The van der Waals surface area contributed by atoms with Gasteiger partial charge in [-0.2, -0.15) is 0 Å². The van der Waals surface area contributed by atoms with Crippen molar-refractivity contribution in [2.75, 3.05) is 25.0 Å². The van der Waals surface area contributed by atoms with Gasteiger partial charge in [0.25, 0.3) is 0 Å². The average molecular weight is 320 g/mol. The number of hydrogen-bond donors (Lipinski definition) is 2. The molecule has 1 aliphatic carbocycles. The maximum atomic E-state index is 11.0. The standard InChI is InChI=1S/C18H28N2O3/c1-13(2)10-20(16-6-7-16)11-17(22)12-23-18-8-4-15(5-9-18)19-14(3)21/h4-5,8-9,13,16-17,22H,6-7,10-12H2,1-3H3,(H,19,21). The summed E-state index contributed by atoms with van der Waals surface area (Å²) >= 11 is 0. The van der Waals surface area contributed by atoms with E-state index in [0.29, 0.717) is 24.3 Å². The number of aliphatic hydroxyl groups excluding tert-OH is 1. The van der Waals surface area contributed by atoms with E-state index in [4.69, 9.17) is 4.74 Å². The lowest BCUT2D eigenvalue weighted by atomic mass is 10.2. The second kappa shape index (κ2) is 8.31. The maximum Gasteiger partial charge on any atom is 0.221 e. The summed E-state index contributed by atoms with van der Waals surface area (Å²) in [5.41, 5.74) is 0.738. The molecule has 1 saturated carbocycles. The fraction of sp³-hybridized carbons (Fsp3) is 0.611. The van der Waals surface area contributed by atoms with Gasteiger partial charge in [0.1, 0.15) is 18.5 Å². The molecule has 128 valence electrons. The van der Waals surface area contributed by atoms with Crippen LogP contribution in [0.15, 0.2) is 24.3 Å². The molecule has 1 aromatic rings. The van der Waals surface area contributed by atoms with Crippen LogP contribution in [0.25, 0.3) is 0 Å². The molecule has 0 heterocycles. The van der Waals surface area contributed by atoms with Crippen LogP contribution < -0.4 is 10.1 Å². The van der Waals surface area contributed by atoms with Crippen LogP contribution in [-0.2, 0) is 4.79 Å². The Hall–Kier alpha value is -1.59. The third kappa shape index (κ3) is 6.59. The molecule has 1 unspecified atom stereocenters. The van der Waals surface area contributed by atoms with E-state index in [1.165, 1.54) is 19.8 Å². The zero-order valence-corrected chi connectivity index (χ0v) is 14.3. The summed E-state index contributed by atoms with van der Waals surface area (Å²) in [6.45, 7) is 7.84. The first kappa shape index (κ1) is 17.8. The van der Waals surface area contributed by atoms with Crippen molar-refractivity contribution in [2.24, 2.45) is 5.92 Å². The third-order valence-corrected chi connectivity index (χ3v) is 3.73. The van der Waals surface area contributed by atoms with E-state index in [-0.39, 0.29) is 12.5 Å². The van der Waals surface area contributed by atoms with Crippen LogP contribution in [0.5, 0.6) is 5.75 Å². The summed E-state index contributed by atoms with van der Waals surface area (Å²) in [6, 6.07) is 7.82. The minimum absolute atomic E-state index is 0.0978. The number of ether oxygens (including phenoxy) is 1. The lowest BCUT2D eigenvalue weighted by Crippen LogP contribution is -2.39. The Morgan fingerprint density at radius 3 is 2.48 bits per heavy atom. The van der Waals surface area contributed by atoms with Crippen LogP contribution in [0, 0.1) is 5.92 Å².